The van der Waals surface area contributed by atoms with E-state index in [1.807, 2.05) is 18.2 Å². The minimum atomic E-state index is 0. The standard InChI is InChI=1S/C16H24N2O.ClH/c1-16(2,3)13-6-4-5-7-14(13)18-15(19)12-8-10-17-11-9-12;/h4-7,12,17H,8-11H2,1-3H3,(H,18,19);1H. The summed E-state index contributed by atoms with van der Waals surface area (Å²) >= 11 is 0. The molecule has 4 heteroatoms. The molecule has 0 radical (unpaired) electrons. The Hall–Kier alpha value is -1.06. The Bertz CT molecular complexity index is 448. The molecule has 1 aromatic carbocycles. The largest absolute Gasteiger partial charge is 0.326 e. The summed E-state index contributed by atoms with van der Waals surface area (Å²) in [5.74, 6) is 0.312. The van der Waals surface area contributed by atoms with E-state index in [1.165, 1.54) is 5.56 Å². The summed E-state index contributed by atoms with van der Waals surface area (Å²) < 4.78 is 0. The van der Waals surface area contributed by atoms with Crippen LogP contribution < -0.4 is 10.6 Å². The van der Waals surface area contributed by atoms with Crippen molar-refractivity contribution in [2.45, 2.75) is 39.0 Å². The molecule has 1 fully saturated rings. The van der Waals surface area contributed by atoms with E-state index < -0.39 is 0 Å². The van der Waals surface area contributed by atoms with Crippen LogP contribution in [0.5, 0.6) is 0 Å². The average molecular weight is 297 g/mol. The lowest BCUT2D eigenvalue weighted by atomic mass is 9.85. The van der Waals surface area contributed by atoms with Crippen LogP contribution in [0.4, 0.5) is 5.69 Å². The second-order valence-electron chi connectivity index (χ2n) is 6.31. The third-order valence-corrected chi connectivity index (χ3v) is 3.70. The predicted octanol–water partition coefficient (Wildman–Crippen LogP) is 3.34. The van der Waals surface area contributed by atoms with Crippen molar-refractivity contribution in [1.82, 2.24) is 5.32 Å². The zero-order chi connectivity index (χ0) is 13.9. The molecule has 1 saturated heterocycles. The van der Waals surface area contributed by atoms with Gasteiger partial charge >= 0.3 is 0 Å². The fourth-order valence-corrected chi connectivity index (χ4v) is 2.57. The maximum absolute atomic E-state index is 12.3. The Kier molecular flexibility index (Phi) is 6.03. The van der Waals surface area contributed by atoms with E-state index in [4.69, 9.17) is 0 Å². The first kappa shape index (κ1) is 17.0. The van der Waals surface area contributed by atoms with E-state index >= 15 is 0 Å². The van der Waals surface area contributed by atoms with Gasteiger partial charge in [0.15, 0.2) is 0 Å². The van der Waals surface area contributed by atoms with Crippen LogP contribution in [0.3, 0.4) is 0 Å². The Morgan fingerprint density at radius 2 is 1.80 bits per heavy atom. The zero-order valence-electron chi connectivity index (χ0n) is 12.5. The van der Waals surface area contributed by atoms with Crippen LogP contribution in [-0.4, -0.2) is 19.0 Å². The van der Waals surface area contributed by atoms with Gasteiger partial charge in [-0.2, -0.15) is 0 Å². The van der Waals surface area contributed by atoms with Gasteiger partial charge in [0, 0.05) is 11.6 Å². The first-order valence-electron chi connectivity index (χ1n) is 7.09. The van der Waals surface area contributed by atoms with Gasteiger partial charge in [-0.05, 0) is 43.0 Å². The molecule has 0 aromatic heterocycles. The van der Waals surface area contributed by atoms with Gasteiger partial charge in [-0.1, -0.05) is 39.0 Å². The van der Waals surface area contributed by atoms with Gasteiger partial charge < -0.3 is 10.6 Å². The third-order valence-electron chi connectivity index (χ3n) is 3.70. The number of piperidine rings is 1. The second kappa shape index (κ2) is 7.09. The number of benzene rings is 1. The van der Waals surface area contributed by atoms with E-state index in [0.717, 1.165) is 31.6 Å². The smallest absolute Gasteiger partial charge is 0.227 e. The molecule has 2 rings (SSSR count). The maximum atomic E-state index is 12.3. The fourth-order valence-electron chi connectivity index (χ4n) is 2.57. The number of carbonyl (C=O) groups excluding carboxylic acids is 1. The monoisotopic (exact) mass is 296 g/mol. The highest BCUT2D eigenvalue weighted by molar-refractivity contribution is 5.93. The number of amides is 1. The summed E-state index contributed by atoms with van der Waals surface area (Å²) in [4.78, 5) is 12.3. The topological polar surface area (TPSA) is 41.1 Å². The molecule has 3 nitrogen and oxygen atoms in total. The number of hydrogen-bond acceptors (Lipinski definition) is 2. The molecule has 0 aliphatic carbocycles. The Balaban J connectivity index is 0.00000200. The minimum absolute atomic E-state index is 0. The highest BCUT2D eigenvalue weighted by Crippen LogP contribution is 2.29. The van der Waals surface area contributed by atoms with Crippen molar-refractivity contribution in [3.63, 3.8) is 0 Å². The van der Waals surface area contributed by atoms with Gasteiger partial charge in [-0.15, -0.1) is 12.4 Å². The molecular formula is C16H25ClN2O. The van der Waals surface area contributed by atoms with Crippen LogP contribution in [0.2, 0.25) is 0 Å². The van der Waals surface area contributed by atoms with Crippen LogP contribution in [0, 0.1) is 5.92 Å². The van der Waals surface area contributed by atoms with Crippen molar-refractivity contribution in [3.05, 3.63) is 29.8 Å². The Labute approximate surface area is 127 Å². The van der Waals surface area contributed by atoms with Crippen molar-refractivity contribution in [1.29, 1.82) is 0 Å². The SMILES string of the molecule is CC(C)(C)c1ccccc1NC(=O)C1CCNCC1.Cl. The molecule has 20 heavy (non-hydrogen) atoms. The van der Waals surface area contributed by atoms with E-state index in [0.29, 0.717) is 0 Å². The van der Waals surface area contributed by atoms with Gasteiger partial charge in [0.1, 0.15) is 0 Å². The van der Waals surface area contributed by atoms with Gasteiger partial charge in [0.05, 0.1) is 0 Å². The number of carbonyl (C=O) groups is 1. The molecule has 1 amide bonds. The Morgan fingerprint density at radius 1 is 1.20 bits per heavy atom. The van der Waals surface area contributed by atoms with Crippen molar-refractivity contribution >= 4 is 24.0 Å². The maximum Gasteiger partial charge on any atom is 0.227 e. The summed E-state index contributed by atoms with van der Waals surface area (Å²) in [6.45, 7) is 8.39. The molecule has 0 spiro atoms. The fraction of sp³-hybridized carbons (Fsp3) is 0.562. The first-order valence-corrected chi connectivity index (χ1v) is 7.09. The average Bonchev–Trinajstić information content (AvgIpc) is 2.39. The van der Waals surface area contributed by atoms with Crippen LogP contribution >= 0.6 is 12.4 Å². The van der Waals surface area contributed by atoms with E-state index in [2.05, 4.69) is 37.5 Å². The lowest BCUT2D eigenvalue weighted by molar-refractivity contribution is -0.120. The summed E-state index contributed by atoms with van der Waals surface area (Å²) in [6, 6.07) is 8.10. The van der Waals surface area contributed by atoms with Gasteiger partial charge in [-0.25, -0.2) is 0 Å². The molecule has 1 aromatic rings. The summed E-state index contributed by atoms with van der Waals surface area (Å²) in [5.41, 5.74) is 2.19. The van der Waals surface area contributed by atoms with Crippen molar-refractivity contribution in [2.75, 3.05) is 18.4 Å². The highest BCUT2D eigenvalue weighted by atomic mass is 35.5. The van der Waals surface area contributed by atoms with Gasteiger partial charge in [-0.3, -0.25) is 4.79 Å². The normalized spacial score (nSPS) is 16.4. The number of nitrogens with one attached hydrogen (secondary N) is 2. The highest BCUT2D eigenvalue weighted by Gasteiger charge is 2.23. The van der Waals surface area contributed by atoms with E-state index in [-0.39, 0.29) is 29.6 Å². The molecule has 1 aliphatic heterocycles. The predicted molar refractivity (Wildman–Crippen MR) is 86.6 cm³/mol. The first-order chi connectivity index (χ1) is 8.98. The molecule has 1 heterocycles. The van der Waals surface area contributed by atoms with Crippen LogP contribution in [0.1, 0.15) is 39.2 Å². The van der Waals surface area contributed by atoms with Crippen LogP contribution in [0.25, 0.3) is 0 Å². The van der Waals surface area contributed by atoms with Crippen molar-refractivity contribution in [3.8, 4) is 0 Å². The van der Waals surface area contributed by atoms with Crippen molar-refractivity contribution < 1.29 is 4.79 Å². The molecule has 0 bridgehead atoms. The Morgan fingerprint density at radius 3 is 2.40 bits per heavy atom. The molecule has 1 aliphatic rings. The zero-order valence-corrected chi connectivity index (χ0v) is 13.3. The molecular weight excluding hydrogens is 272 g/mol. The number of anilines is 1. The number of halogens is 1. The molecule has 0 atom stereocenters. The molecule has 0 saturated carbocycles. The van der Waals surface area contributed by atoms with Gasteiger partial charge in [0.2, 0.25) is 5.91 Å². The molecule has 112 valence electrons. The third kappa shape index (κ3) is 4.22. The lowest BCUT2D eigenvalue weighted by Gasteiger charge is -2.26. The van der Waals surface area contributed by atoms with Crippen LogP contribution in [-0.2, 0) is 10.2 Å². The number of para-hydroxylation sites is 1. The summed E-state index contributed by atoms with van der Waals surface area (Å²) in [6.07, 6.45) is 1.87. The van der Waals surface area contributed by atoms with Crippen molar-refractivity contribution in [2.24, 2.45) is 5.92 Å². The second-order valence-corrected chi connectivity index (χ2v) is 6.31. The van der Waals surface area contributed by atoms with Gasteiger partial charge in [0.25, 0.3) is 0 Å². The summed E-state index contributed by atoms with van der Waals surface area (Å²) in [7, 11) is 0. The van der Waals surface area contributed by atoms with Crippen LogP contribution in [0.15, 0.2) is 24.3 Å². The molecule has 0 unspecified atom stereocenters. The van der Waals surface area contributed by atoms with E-state index in [9.17, 15) is 4.79 Å². The minimum Gasteiger partial charge on any atom is -0.326 e. The number of rotatable bonds is 2. The molecule has 2 N–H and O–H groups in total. The lowest BCUT2D eigenvalue weighted by Crippen LogP contribution is -2.35. The van der Waals surface area contributed by atoms with E-state index in [1.54, 1.807) is 0 Å². The summed E-state index contributed by atoms with van der Waals surface area (Å²) in [5, 5.41) is 6.41. The number of hydrogen-bond donors (Lipinski definition) is 2. The quantitative estimate of drug-likeness (QED) is 0.879.